The third-order valence-corrected chi connectivity index (χ3v) is 5.53. The number of carbonyl (C=O) groups is 1. The van der Waals surface area contributed by atoms with Gasteiger partial charge in [0.15, 0.2) is 0 Å². The van der Waals surface area contributed by atoms with E-state index in [0.29, 0.717) is 13.2 Å². The van der Waals surface area contributed by atoms with Crippen molar-refractivity contribution in [3.8, 4) is 6.01 Å². The van der Waals surface area contributed by atoms with E-state index in [9.17, 15) is 13.2 Å². The zero-order valence-electron chi connectivity index (χ0n) is 12.6. The van der Waals surface area contributed by atoms with Gasteiger partial charge in [0.1, 0.15) is 4.21 Å². The van der Waals surface area contributed by atoms with Crippen molar-refractivity contribution in [1.29, 1.82) is 0 Å². The van der Waals surface area contributed by atoms with Crippen LogP contribution in [0.1, 0.15) is 18.7 Å². The molecular formula is C13H16N4O4S2. The molecule has 0 aliphatic carbocycles. The summed E-state index contributed by atoms with van der Waals surface area (Å²) in [7, 11) is -3.72. The van der Waals surface area contributed by atoms with Crippen LogP contribution in [0.4, 0.5) is 5.69 Å². The van der Waals surface area contributed by atoms with Gasteiger partial charge in [-0.2, -0.15) is 0 Å². The van der Waals surface area contributed by atoms with Gasteiger partial charge in [0, 0.05) is 11.8 Å². The maximum atomic E-state index is 12.3. The molecule has 2 aromatic heterocycles. The maximum absolute atomic E-state index is 12.3. The second-order valence-corrected chi connectivity index (χ2v) is 7.50. The molecule has 2 heterocycles. The normalized spacial score (nSPS) is 11.0. The highest BCUT2D eigenvalue weighted by molar-refractivity contribution is 7.94. The van der Waals surface area contributed by atoms with Crippen LogP contribution < -0.4 is 14.8 Å². The standard InChI is InChI=1S/C13H16N4O4S2/c1-3-21-13-15-6-10(7-16-13)17-23(19,20)12-5-4-11(22-12)8-14-9(2)18/h4-7,17H,3,8H2,1-2H3,(H,14,18). The Morgan fingerprint density at radius 1 is 1.30 bits per heavy atom. The fraction of sp³-hybridized carbons (Fsp3) is 0.308. The number of sulfonamides is 1. The molecule has 0 aromatic carbocycles. The number of carbonyl (C=O) groups excluding carboxylic acids is 1. The average Bonchev–Trinajstić information content (AvgIpc) is 2.97. The van der Waals surface area contributed by atoms with E-state index in [0.717, 1.165) is 16.2 Å². The van der Waals surface area contributed by atoms with Gasteiger partial charge in [-0.1, -0.05) is 0 Å². The van der Waals surface area contributed by atoms with E-state index in [1.54, 1.807) is 13.0 Å². The van der Waals surface area contributed by atoms with Gasteiger partial charge in [-0.15, -0.1) is 11.3 Å². The highest BCUT2D eigenvalue weighted by atomic mass is 32.2. The molecule has 0 radical (unpaired) electrons. The molecule has 8 nitrogen and oxygen atoms in total. The monoisotopic (exact) mass is 356 g/mol. The van der Waals surface area contributed by atoms with Gasteiger partial charge < -0.3 is 10.1 Å². The van der Waals surface area contributed by atoms with Crippen LogP contribution in [0.2, 0.25) is 0 Å². The number of hydrogen-bond acceptors (Lipinski definition) is 7. The Bertz CT molecular complexity index is 772. The maximum Gasteiger partial charge on any atom is 0.316 e. The Balaban J connectivity index is 2.07. The van der Waals surface area contributed by atoms with Crippen molar-refractivity contribution in [2.24, 2.45) is 0 Å². The Labute approximate surface area is 138 Å². The van der Waals surface area contributed by atoms with Crippen molar-refractivity contribution in [3.63, 3.8) is 0 Å². The molecule has 0 saturated heterocycles. The first kappa shape index (κ1) is 17.2. The third-order valence-electron chi connectivity index (χ3n) is 2.57. The van der Waals surface area contributed by atoms with Gasteiger partial charge in [-0.25, -0.2) is 18.4 Å². The number of aromatic nitrogens is 2. The van der Waals surface area contributed by atoms with Crippen LogP contribution >= 0.6 is 11.3 Å². The fourth-order valence-electron chi connectivity index (χ4n) is 1.59. The molecule has 2 rings (SSSR count). The van der Waals surface area contributed by atoms with Crippen LogP contribution in [0.15, 0.2) is 28.7 Å². The lowest BCUT2D eigenvalue weighted by molar-refractivity contribution is -0.119. The first-order valence-electron chi connectivity index (χ1n) is 6.71. The third kappa shape index (κ3) is 4.89. The number of anilines is 1. The molecule has 0 saturated carbocycles. The summed E-state index contributed by atoms with van der Waals surface area (Å²) in [4.78, 5) is 19.4. The van der Waals surface area contributed by atoms with Gasteiger partial charge in [0.2, 0.25) is 5.91 Å². The Hall–Kier alpha value is -2.20. The van der Waals surface area contributed by atoms with Crippen molar-refractivity contribution < 1.29 is 17.9 Å². The zero-order valence-corrected chi connectivity index (χ0v) is 14.2. The summed E-state index contributed by atoms with van der Waals surface area (Å²) in [5, 5.41) is 2.62. The predicted octanol–water partition coefficient (Wildman–Crippen LogP) is 1.37. The number of ether oxygens (including phenoxy) is 1. The van der Waals surface area contributed by atoms with Gasteiger partial charge in [0.25, 0.3) is 10.0 Å². The lowest BCUT2D eigenvalue weighted by atomic mass is 10.4. The molecule has 2 N–H and O–H groups in total. The summed E-state index contributed by atoms with van der Waals surface area (Å²) in [5.74, 6) is -0.174. The van der Waals surface area contributed by atoms with Crippen LogP contribution in [-0.2, 0) is 21.4 Å². The largest absolute Gasteiger partial charge is 0.464 e. The van der Waals surface area contributed by atoms with Crippen molar-refractivity contribution in [2.75, 3.05) is 11.3 Å². The number of nitrogens with zero attached hydrogens (tertiary/aromatic N) is 2. The minimum atomic E-state index is -3.72. The quantitative estimate of drug-likeness (QED) is 0.775. The topological polar surface area (TPSA) is 110 Å². The molecule has 1 amide bonds. The molecule has 0 spiro atoms. The molecule has 0 atom stereocenters. The number of thiophene rings is 1. The fourth-order valence-corrected chi connectivity index (χ4v) is 3.91. The van der Waals surface area contributed by atoms with Gasteiger partial charge in [0.05, 0.1) is 31.2 Å². The molecular weight excluding hydrogens is 340 g/mol. The molecule has 0 bridgehead atoms. The summed E-state index contributed by atoms with van der Waals surface area (Å²) < 4.78 is 32.2. The molecule has 10 heteroatoms. The summed E-state index contributed by atoms with van der Waals surface area (Å²) >= 11 is 1.08. The van der Waals surface area contributed by atoms with E-state index < -0.39 is 10.0 Å². The average molecular weight is 356 g/mol. The van der Waals surface area contributed by atoms with E-state index in [2.05, 4.69) is 20.0 Å². The first-order chi connectivity index (χ1) is 10.9. The Morgan fingerprint density at radius 3 is 2.61 bits per heavy atom. The minimum absolute atomic E-state index is 0.145. The lowest BCUT2D eigenvalue weighted by Crippen LogP contribution is -2.18. The molecule has 2 aromatic rings. The van der Waals surface area contributed by atoms with Crippen LogP contribution in [0.3, 0.4) is 0 Å². The van der Waals surface area contributed by atoms with Crippen LogP contribution in [0, 0.1) is 0 Å². The molecule has 0 unspecified atom stereocenters. The van der Waals surface area contributed by atoms with Crippen LogP contribution in [0.5, 0.6) is 6.01 Å². The summed E-state index contributed by atoms with van der Waals surface area (Å²) in [6.45, 7) is 3.92. The van der Waals surface area contributed by atoms with E-state index in [1.807, 2.05) is 0 Å². The molecule has 0 aliphatic rings. The van der Waals surface area contributed by atoms with Crippen molar-refractivity contribution in [2.45, 2.75) is 24.6 Å². The second-order valence-electron chi connectivity index (χ2n) is 4.42. The number of amides is 1. The molecule has 0 aliphatic heterocycles. The highest BCUT2D eigenvalue weighted by Gasteiger charge is 2.17. The molecule has 124 valence electrons. The van der Waals surface area contributed by atoms with Crippen LogP contribution in [-0.4, -0.2) is 30.9 Å². The van der Waals surface area contributed by atoms with Crippen molar-refractivity contribution in [1.82, 2.24) is 15.3 Å². The van der Waals surface area contributed by atoms with Crippen molar-refractivity contribution in [3.05, 3.63) is 29.4 Å². The van der Waals surface area contributed by atoms with Crippen molar-refractivity contribution >= 4 is 33.0 Å². The summed E-state index contributed by atoms with van der Waals surface area (Å²) in [6, 6.07) is 3.33. The van der Waals surface area contributed by atoms with Gasteiger partial charge in [-0.3, -0.25) is 9.52 Å². The summed E-state index contributed by atoms with van der Waals surface area (Å²) in [5.41, 5.74) is 0.241. The van der Waals surface area contributed by atoms with Gasteiger partial charge >= 0.3 is 6.01 Å². The lowest BCUT2D eigenvalue weighted by Gasteiger charge is -2.06. The Morgan fingerprint density at radius 2 is 2.00 bits per heavy atom. The molecule has 0 fully saturated rings. The first-order valence-corrected chi connectivity index (χ1v) is 9.01. The van der Waals surface area contributed by atoms with E-state index in [4.69, 9.17) is 4.74 Å². The number of rotatable bonds is 7. The smallest absolute Gasteiger partial charge is 0.316 e. The van der Waals surface area contributed by atoms with Gasteiger partial charge in [-0.05, 0) is 19.1 Å². The van der Waals surface area contributed by atoms with E-state index in [1.165, 1.54) is 25.4 Å². The van der Waals surface area contributed by atoms with Crippen LogP contribution in [0.25, 0.3) is 0 Å². The predicted molar refractivity (Wildman–Crippen MR) is 85.8 cm³/mol. The SMILES string of the molecule is CCOc1ncc(NS(=O)(=O)c2ccc(CNC(C)=O)s2)cn1. The number of nitrogens with one attached hydrogen (secondary N) is 2. The number of hydrogen-bond donors (Lipinski definition) is 2. The summed E-state index contributed by atoms with van der Waals surface area (Å²) in [6.07, 6.45) is 2.67. The van der Waals surface area contributed by atoms with E-state index in [-0.39, 0.29) is 21.8 Å². The Kier molecular flexibility index (Phi) is 5.50. The van der Waals surface area contributed by atoms with E-state index >= 15 is 0 Å². The highest BCUT2D eigenvalue weighted by Crippen LogP contribution is 2.24. The minimum Gasteiger partial charge on any atom is -0.464 e. The second kappa shape index (κ2) is 7.38. The zero-order chi connectivity index (χ0) is 16.9. The molecule has 23 heavy (non-hydrogen) atoms.